The van der Waals surface area contributed by atoms with Gasteiger partial charge in [-0.1, -0.05) is 97.1 Å². The topological polar surface area (TPSA) is 83.6 Å². The van der Waals surface area contributed by atoms with E-state index in [4.69, 9.17) is 0 Å². The Morgan fingerprint density at radius 1 is 0.727 bits per heavy atom. The molecule has 3 atom stereocenters. The third kappa shape index (κ3) is 4.75. The zero-order chi connectivity index (χ0) is 30.3. The summed E-state index contributed by atoms with van der Waals surface area (Å²) in [6.07, 6.45) is 1.99. The van der Waals surface area contributed by atoms with Crippen LogP contribution in [0.25, 0.3) is 0 Å². The molecule has 1 N–H and O–H groups in total. The van der Waals surface area contributed by atoms with Crippen LogP contribution in [0.2, 0.25) is 0 Å². The number of carbonyl (C=O) groups is 4. The van der Waals surface area contributed by atoms with E-state index in [0.29, 0.717) is 31.4 Å². The van der Waals surface area contributed by atoms with Crippen molar-refractivity contribution in [2.75, 3.05) is 10.2 Å². The fourth-order valence-corrected chi connectivity index (χ4v) is 7.02. The lowest BCUT2D eigenvalue weighted by molar-refractivity contribution is -0.142. The second-order valence-electron chi connectivity index (χ2n) is 12.4. The molecule has 2 amide bonds. The van der Waals surface area contributed by atoms with Crippen LogP contribution < -0.4 is 10.2 Å². The molecule has 3 aliphatic rings. The number of para-hydroxylation sites is 2. The standard InChI is InChI=1S/C38H34N2O4/c41-31(37(21-22-37)35(43)39-28-17-9-3-10-18-28)25-30(26-13-5-1-6-14-26)32-33(27-15-7-2-8-16-27)40(29-19-11-4-12-20-29)36(44)38(23-24-38)34(32)42/h1-20,30,32-33H,21-25H2,(H,39,43)/t30-,32-,33-/m0/s1. The number of ketones is 2. The number of nitrogens with one attached hydrogen (secondary N) is 1. The first kappa shape index (κ1) is 28.0. The summed E-state index contributed by atoms with van der Waals surface area (Å²) in [7, 11) is 0. The lowest BCUT2D eigenvalue weighted by atomic mass is 9.66. The van der Waals surface area contributed by atoms with Crippen LogP contribution in [-0.2, 0) is 19.2 Å². The summed E-state index contributed by atoms with van der Waals surface area (Å²) in [6.45, 7) is 0. The first-order chi connectivity index (χ1) is 21.4. The Hall–Kier alpha value is -4.84. The van der Waals surface area contributed by atoms with Crippen molar-refractivity contribution in [2.45, 2.75) is 44.1 Å². The van der Waals surface area contributed by atoms with Gasteiger partial charge in [0.2, 0.25) is 11.8 Å². The fourth-order valence-electron chi connectivity index (χ4n) is 7.02. The Morgan fingerprint density at radius 3 is 1.84 bits per heavy atom. The van der Waals surface area contributed by atoms with Crippen LogP contribution in [0.1, 0.15) is 55.2 Å². The molecule has 3 fully saturated rings. The van der Waals surface area contributed by atoms with Crippen LogP contribution in [0.5, 0.6) is 0 Å². The van der Waals surface area contributed by atoms with Gasteiger partial charge in [0.25, 0.3) is 0 Å². The molecule has 7 rings (SSSR count). The molecule has 0 aromatic heterocycles. The highest BCUT2D eigenvalue weighted by Crippen LogP contribution is 2.60. The molecule has 1 aliphatic heterocycles. The molecule has 0 bridgehead atoms. The average molecular weight is 583 g/mol. The minimum atomic E-state index is -1.12. The number of piperidine rings is 1. The van der Waals surface area contributed by atoms with Crippen molar-refractivity contribution in [1.29, 1.82) is 0 Å². The summed E-state index contributed by atoms with van der Waals surface area (Å²) in [5.41, 5.74) is 0.885. The summed E-state index contributed by atoms with van der Waals surface area (Å²) in [5, 5.41) is 2.94. The van der Waals surface area contributed by atoms with Gasteiger partial charge >= 0.3 is 0 Å². The van der Waals surface area contributed by atoms with Gasteiger partial charge in [-0.15, -0.1) is 0 Å². The van der Waals surface area contributed by atoms with Crippen molar-refractivity contribution in [3.05, 3.63) is 132 Å². The van der Waals surface area contributed by atoms with Gasteiger partial charge in [-0.05, 0) is 61.1 Å². The Kier molecular flexibility index (Phi) is 7.00. The quantitative estimate of drug-likeness (QED) is 0.218. The molecule has 4 aromatic rings. The van der Waals surface area contributed by atoms with Gasteiger partial charge in [-0.25, -0.2) is 0 Å². The Balaban J connectivity index is 1.32. The Labute approximate surface area is 257 Å². The molecule has 0 radical (unpaired) electrons. The van der Waals surface area contributed by atoms with Gasteiger partial charge in [0.05, 0.1) is 12.0 Å². The highest BCUT2D eigenvalue weighted by molar-refractivity contribution is 6.19. The second kappa shape index (κ2) is 11.0. The summed E-state index contributed by atoms with van der Waals surface area (Å²) < 4.78 is 0. The van der Waals surface area contributed by atoms with Crippen molar-refractivity contribution in [3.63, 3.8) is 0 Å². The number of nitrogens with zero attached hydrogens (tertiary/aromatic N) is 1. The van der Waals surface area contributed by atoms with Crippen LogP contribution in [0.15, 0.2) is 121 Å². The van der Waals surface area contributed by atoms with Gasteiger partial charge in [0.15, 0.2) is 5.78 Å². The van der Waals surface area contributed by atoms with E-state index < -0.39 is 28.7 Å². The van der Waals surface area contributed by atoms with Crippen molar-refractivity contribution < 1.29 is 19.2 Å². The van der Waals surface area contributed by atoms with E-state index in [1.54, 1.807) is 12.1 Å². The maximum atomic E-state index is 14.7. The molecule has 1 spiro atoms. The van der Waals surface area contributed by atoms with E-state index in [2.05, 4.69) is 5.32 Å². The van der Waals surface area contributed by atoms with Gasteiger partial charge < -0.3 is 10.2 Å². The van der Waals surface area contributed by atoms with Gasteiger partial charge in [0.1, 0.15) is 16.6 Å². The van der Waals surface area contributed by atoms with Gasteiger partial charge in [-0.3, -0.25) is 19.2 Å². The highest BCUT2D eigenvalue weighted by atomic mass is 16.2. The van der Waals surface area contributed by atoms with Crippen molar-refractivity contribution >= 4 is 34.8 Å². The van der Waals surface area contributed by atoms with Crippen molar-refractivity contribution in [2.24, 2.45) is 16.7 Å². The number of hydrogen-bond donors (Lipinski definition) is 1. The number of hydrogen-bond acceptors (Lipinski definition) is 4. The first-order valence-electron chi connectivity index (χ1n) is 15.4. The van der Waals surface area contributed by atoms with Crippen LogP contribution in [-0.4, -0.2) is 23.4 Å². The molecular formula is C38H34N2O4. The third-order valence-electron chi connectivity index (χ3n) is 9.76. The molecular weight excluding hydrogens is 548 g/mol. The highest BCUT2D eigenvalue weighted by Gasteiger charge is 2.67. The summed E-state index contributed by atoms with van der Waals surface area (Å²) in [6, 6.07) is 37.4. The lowest BCUT2D eigenvalue weighted by Crippen LogP contribution is -2.56. The van der Waals surface area contributed by atoms with Crippen molar-refractivity contribution in [1.82, 2.24) is 0 Å². The van der Waals surface area contributed by atoms with Crippen LogP contribution in [0, 0.1) is 16.7 Å². The summed E-state index contributed by atoms with van der Waals surface area (Å²) in [5.74, 6) is -1.93. The summed E-state index contributed by atoms with van der Waals surface area (Å²) in [4.78, 5) is 58.5. The average Bonchev–Trinajstić information content (AvgIpc) is 4.00. The maximum Gasteiger partial charge on any atom is 0.241 e. The molecule has 4 aromatic carbocycles. The lowest BCUT2D eigenvalue weighted by Gasteiger charge is -2.47. The molecule has 1 saturated heterocycles. The van der Waals surface area contributed by atoms with Crippen LogP contribution in [0.4, 0.5) is 11.4 Å². The monoisotopic (exact) mass is 582 g/mol. The van der Waals surface area contributed by atoms with E-state index in [1.165, 1.54) is 0 Å². The molecule has 2 aliphatic carbocycles. The minimum absolute atomic E-state index is 0.0267. The number of anilines is 2. The third-order valence-corrected chi connectivity index (χ3v) is 9.76. The second-order valence-corrected chi connectivity index (χ2v) is 12.4. The number of benzene rings is 4. The summed E-state index contributed by atoms with van der Waals surface area (Å²) >= 11 is 0. The number of rotatable bonds is 9. The largest absolute Gasteiger partial charge is 0.325 e. The SMILES string of the molecule is O=C(C[C@@H](c1ccccc1)[C@@H]1C(=O)C2(CC2)C(=O)N(c2ccccc2)[C@H]1c1ccccc1)C1(C(=O)Nc2ccccc2)CC1. The van der Waals surface area contributed by atoms with E-state index in [1.807, 2.05) is 114 Å². The molecule has 6 heteroatoms. The fraction of sp³-hybridized carbons (Fsp3) is 0.263. The Morgan fingerprint density at radius 2 is 1.27 bits per heavy atom. The van der Waals surface area contributed by atoms with Gasteiger partial charge in [0, 0.05) is 23.7 Å². The minimum Gasteiger partial charge on any atom is -0.325 e. The van der Waals surface area contributed by atoms with E-state index in [-0.39, 0.29) is 29.8 Å². The first-order valence-corrected chi connectivity index (χ1v) is 15.4. The van der Waals surface area contributed by atoms with Crippen molar-refractivity contribution in [3.8, 4) is 0 Å². The Bertz CT molecular complexity index is 1700. The molecule has 220 valence electrons. The maximum absolute atomic E-state index is 14.7. The van der Waals surface area contributed by atoms with Crippen LogP contribution in [0.3, 0.4) is 0 Å². The van der Waals surface area contributed by atoms with Gasteiger partial charge in [-0.2, -0.15) is 0 Å². The molecule has 1 heterocycles. The van der Waals surface area contributed by atoms with E-state index in [0.717, 1.165) is 16.8 Å². The molecule has 44 heavy (non-hydrogen) atoms. The smallest absolute Gasteiger partial charge is 0.241 e. The molecule has 6 nitrogen and oxygen atoms in total. The zero-order valence-electron chi connectivity index (χ0n) is 24.4. The van der Waals surface area contributed by atoms with Crippen LogP contribution >= 0.6 is 0 Å². The molecule has 2 saturated carbocycles. The number of carbonyl (C=O) groups excluding carboxylic acids is 4. The normalized spacial score (nSPS) is 21.9. The zero-order valence-corrected chi connectivity index (χ0v) is 24.4. The number of amides is 2. The predicted octanol–water partition coefficient (Wildman–Crippen LogP) is 6.90. The number of Topliss-reactive ketones (excluding diaryl/α,β-unsaturated/α-hetero) is 2. The van der Waals surface area contributed by atoms with E-state index in [9.17, 15) is 19.2 Å². The predicted molar refractivity (Wildman–Crippen MR) is 169 cm³/mol. The van der Waals surface area contributed by atoms with E-state index >= 15 is 0 Å². The molecule has 0 unspecified atom stereocenters.